The highest BCUT2D eigenvalue weighted by atomic mass is 32.1. The first-order valence-corrected chi connectivity index (χ1v) is 5.93. The third kappa shape index (κ3) is 6.42. The Morgan fingerprint density at radius 2 is 1.46 bits per heavy atom. The Morgan fingerprint density at radius 3 is 1.77 bits per heavy atom. The number of rotatable bonds is 5. The minimum absolute atomic E-state index is 0.376. The van der Waals surface area contributed by atoms with Crippen molar-refractivity contribution in [2.75, 3.05) is 5.75 Å². The molecule has 0 aromatic heterocycles. The molecule has 0 aromatic rings. The van der Waals surface area contributed by atoms with Gasteiger partial charge in [-0.15, -0.1) is 0 Å². The summed E-state index contributed by atoms with van der Waals surface area (Å²) < 4.78 is 0. The molecule has 0 aromatic carbocycles. The van der Waals surface area contributed by atoms with Crippen LogP contribution in [-0.2, 0) is 0 Å². The molecule has 0 rings (SSSR count). The highest BCUT2D eigenvalue weighted by molar-refractivity contribution is 7.80. The van der Waals surface area contributed by atoms with Gasteiger partial charge in [0.15, 0.2) is 0 Å². The fraction of sp³-hybridized carbons (Fsp3) is 1.00. The first-order chi connectivity index (χ1) is 5.68. The molecule has 0 nitrogen and oxygen atoms in total. The van der Waals surface area contributed by atoms with Crippen LogP contribution in [0.1, 0.15) is 54.4 Å². The van der Waals surface area contributed by atoms with Crippen molar-refractivity contribution in [2.24, 2.45) is 16.7 Å². The van der Waals surface area contributed by atoms with E-state index < -0.39 is 0 Å². The lowest BCUT2D eigenvalue weighted by molar-refractivity contribution is 0.182. The minimum Gasteiger partial charge on any atom is -0.179 e. The molecule has 0 spiro atoms. The van der Waals surface area contributed by atoms with Gasteiger partial charge in [-0.25, -0.2) is 0 Å². The molecule has 0 saturated heterocycles. The normalized spacial score (nSPS) is 13.8. The Kier molecular flexibility index (Phi) is 4.85. The number of thiol groups is 1. The van der Waals surface area contributed by atoms with Crippen molar-refractivity contribution in [3.8, 4) is 0 Å². The first kappa shape index (κ1) is 13.4. The largest absolute Gasteiger partial charge is 0.179 e. The van der Waals surface area contributed by atoms with E-state index in [9.17, 15) is 0 Å². The predicted molar refractivity (Wildman–Crippen MR) is 65.5 cm³/mol. The van der Waals surface area contributed by atoms with Gasteiger partial charge in [0.05, 0.1) is 0 Å². The molecule has 0 aliphatic rings. The van der Waals surface area contributed by atoms with E-state index in [2.05, 4.69) is 54.2 Å². The van der Waals surface area contributed by atoms with Gasteiger partial charge in [0.25, 0.3) is 0 Å². The summed E-state index contributed by atoms with van der Waals surface area (Å²) in [6, 6.07) is 0. The second-order valence-electron chi connectivity index (χ2n) is 6.26. The van der Waals surface area contributed by atoms with Crippen LogP contribution in [-0.4, -0.2) is 5.75 Å². The maximum absolute atomic E-state index is 4.40. The van der Waals surface area contributed by atoms with Crippen LogP contribution in [0, 0.1) is 16.7 Å². The summed E-state index contributed by atoms with van der Waals surface area (Å²) in [5, 5.41) is 0. The third-order valence-corrected chi connectivity index (χ3v) is 3.20. The van der Waals surface area contributed by atoms with Gasteiger partial charge in [-0.1, -0.05) is 41.5 Å². The molecule has 80 valence electrons. The average molecular weight is 202 g/mol. The van der Waals surface area contributed by atoms with E-state index in [1.54, 1.807) is 0 Å². The molecule has 0 fully saturated rings. The quantitative estimate of drug-likeness (QED) is 0.627. The van der Waals surface area contributed by atoms with Crippen LogP contribution >= 0.6 is 12.6 Å². The molecule has 0 unspecified atom stereocenters. The lowest BCUT2D eigenvalue weighted by Gasteiger charge is -2.35. The van der Waals surface area contributed by atoms with Gasteiger partial charge >= 0.3 is 0 Å². The van der Waals surface area contributed by atoms with Crippen molar-refractivity contribution in [2.45, 2.75) is 54.4 Å². The van der Waals surface area contributed by atoms with Crippen molar-refractivity contribution >= 4 is 12.6 Å². The van der Waals surface area contributed by atoms with E-state index >= 15 is 0 Å². The zero-order valence-corrected chi connectivity index (χ0v) is 11.0. The molecule has 0 amide bonds. The summed E-state index contributed by atoms with van der Waals surface area (Å²) in [5.74, 6) is 1.78. The summed E-state index contributed by atoms with van der Waals surface area (Å²) in [7, 11) is 0. The number of hydrogen-bond donors (Lipinski definition) is 1. The van der Waals surface area contributed by atoms with Crippen molar-refractivity contribution in [3.63, 3.8) is 0 Å². The second-order valence-corrected chi connectivity index (χ2v) is 6.58. The van der Waals surface area contributed by atoms with Gasteiger partial charge in [-0.2, -0.15) is 12.6 Å². The molecule has 0 N–H and O–H groups in total. The van der Waals surface area contributed by atoms with Crippen molar-refractivity contribution in [1.82, 2.24) is 0 Å². The Morgan fingerprint density at radius 1 is 1.00 bits per heavy atom. The molecule has 0 atom stereocenters. The van der Waals surface area contributed by atoms with Gasteiger partial charge in [-0.3, -0.25) is 0 Å². The smallest absolute Gasteiger partial charge is 0.00462 e. The van der Waals surface area contributed by atoms with E-state index in [-0.39, 0.29) is 0 Å². The topological polar surface area (TPSA) is 0 Å². The molecule has 0 saturated carbocycles. The van der Waals surface area contributed by atoms with Gasteiger partial charge in [0, 0.05) is 0 Å². The molecule has 0 aliphatic heterocycles. The van der Waals surface area contributed by atoms with Crippen molar-refractivity contribution in [3.05, 3.63) is 0 Å². The monoisotopic (exact) mass is 202 g/mol. The molecule has 0 bridgehead atoms. The Balaban J connectivity index is 4.16. The molecule has 13 heavy (non-hydrogen) atoms. The van der Waals surface area contributed by atoms with Crippen LogP contribution in [0.5, 0.6) is 0 Å². The van der Waals surface area contributed by atoms with Crippen LogP contribution in [0.3, 0.4) is 0 Å². The van der Waals surface area contributed by atoms with E-state index in [0.717, 1.165) is 11.7 Å². The fourth-order valence-electron chi connectivity index (χ4n) is 2.53. The predicted octanol–water partition coefficient (Wildman–Crippen LogP) is 4.40. The maximum Gasteiger partial charge on any atom is -0.00462 e. The van der Waals surface area contributed by atoms with Gasteiger partial charge in [-0.05, 0) is 35.3 Å². The molecular weight excluding hydrogens is 176 g/mol. The highest BCUT2D eigenvalue weighted by Crippen LogP contribution is 2.38. The molecule has 0 heterocycles. The van der Waals surface area contributed by atoms with Gasteiger partial charge in [0.2, 0.25) is 0 Å². The van der Waals surface area contributed by atoms with Crippen LogP contribution in [0.25, 0.3) is 0 Å². The first-order valence-electron chi connectivity index (χ1n) is 5.29. The van der Waals surface area contributed by atoms with Crippen LogP contribution in [0.2, 0.25) is 0 Å². The second kappa shape index (κ2) is 4.72. The summed E-state index contributed by atoms with van der Waals surface area (Å²) >= 11 is 4.40. The van der Waals surface area contributed by atoms with E-state index in [1.165, 1.54) is 12.8 Å². The lowest BCUT2D eigenvalue weighted by Crippen LogP contribution is -2.25. The minimum atomic E-state index is 0.376. The van der Waals surface area contributed by atoms with E-state index in [4.69, 9.17) is 0 Å². The fourth-order valence-corrected chi connectivity index (χ4v) is 2.64. The van der Waals surface area contributed by atoms with E-state index in [1.807, 2.05) is 0 Å². The standard InChI is InChI=1S/C12H26S/c1-10(2)7-11(3,4)8-12(5,6)9-13/h10,13H,7-9H2,1-6H3. The summed E-state index contributed by atoms with van der Waals surface area (Å²) in [5.41, 5.74) is 0.835. The Hall–Kier alpha value is 0.350. The zero-order valence-electron chi connectivity index (χ0n) is 10.1. The van der Waals surface area contributed by atoms with Crippen LogP contribution in [0.4, 0.5) is 0 Å². The highest BCUT2D eigenvalue weighted by Gasteiger charge is 2.28. The van der Waals surface area contributed by atoms with Crippen molar-refractivity contribution in [1.29, 1.82) is 0 Å². The zero-order chi connectivity index (χ0) is 10.7. The molecular formula is C12H26S. The lowest BCUT2D eigenvalue weighted by atomic mass is 9.72. The van der Waals surface area contributed by atoms with Crippen LogP contribution < -0.4 is 0 Å². The van der Waals surface area contributed by atoms with Gasteiger partial charge in [0.1, 0.15) is 0 Å². The average Bonchev–Trinajstić information content (AvgIpc) is 1.81. The van der Waals surface area contributed by atoms with Gasteiger partial charge < -0.3 is 0 Å². The molecule has 0 aliphatic carbocycles. The molecule has 1 heteroatoms. The molecule has 0 radical (unpaired) electrons. The summed E-state index contributed by atoms with van der Waals surface area (Å²) in [4.78, 5) is 0. The van der Waals surface area contributed by atoms with Crippen molar-refractivity contribution < 1.29 is 0 Å². The summed E-state index contributed by atoms with van der Waals surface area (Å²) in [6.07, 6.45) is 2.58. The maximum atomic E-state index is 4.40. The SMILES string of the molecule is CC(C)CC(C)(C)CC(C)(C)CS. The van der Waals surface area contributed by atoms with Crippen LogP contribution in [0.15, 0.2) is 0 Å². The Bertz CT molecular complexity index is 145. The van der Waals surface area contributed by atoms with E-state index in [0.29, 0.717) is 10.8 Å². The number of hydrogen-bond acceptors (Lipinski definition) is 1. The third-order valence-electron chi connectivity index (χ3n) is 2.35. The Labute approximate surface area is 89.9 Å². The summed E-state index contributed by atoms with van der Waals surface area (Å²) in [6.45, 7) is 14.0.